The van der Waals surface area contributed by atoms with Gasteiger partial charge in [0.1, 0.15) is 4.83 Å². The molecule has 0 aliphatic heterocycles. The summed E-state index contributed by atoms with van der Waals surface area (Å²) in [4.78, 5) is 35.1. The average Bonchev–Trinajstić information content (AvgIpc) is 3.35. The molecule has 0 radical (unpaired) electrons. The topological polar surface area (TPSA) is 97.1 Å². The third-order valence-electron chi connectivity index (χ3n) is 4.52. The summed E-state index contributed by atoms with van der Waals surface area (Å²) in [7, 11) is 0. The van der Waals surface area contributed by atoms with Crippen LogP contribution in [0.2, 0.25) is 0 Å². The van der Waals surface area contributed by atoms with Gasteiger partial charge in [-0.15, -0.1) is 11.3 Å². The first-order valence-electron chi connectivity index (χ1n) is 8.93. The number of furan rings is 1. The van der Waals surface area contributed by atoms with Crippen molar-refractivity contribution in [3.63, 3.8) is 0 Å². The van der Waals surface area contributed by atoms with E-state index in [0.29, 0.717) is 26.9 Å². The summed E-state index contributed by atoms with van der Waals surface area (Å²) in [6.45, 7) is 5.66. The van der Waals surface area contributed by atoms with Crippen molar-refractivity contribution in [1.82, 2.24) is 20.8 Å². The highest BCUT2D eigenvalue weighted by atomic mass is 32.1. The van der Waals surface area contributed by atoms with E-state index in [1.165, 1.54) is 11.3 Å². The Morgan fingerprint density at radius 2 is 1.69 bits per heavy atom. The van der Waals surface area contributed by atoms with E-state index in [1.807, 2.05) is 32.9 Å². The van der Waals surface area contributed by atoms with Gasteiger partial charge in [0.25, 0.3) is 11.8 Å². The molecule has 146 valence electrons. The molecule has 7 nitrogen and oxygen atoms in total. The molecule has 1 aromatic carbocycles. The maximum atomic E-state index is 12.7. The molecule has 0 saturated heterocycles. The number of rotatable bonds is 3. The maximum Gasteiger partial charge on any atom is 0.280 e. The third-order valence-corrected chi connectivity index (χ3v) is 5.71. The first-order chi connectivity index (χ1) is 13.9. The summed E-state index contributed by atoms with van der Waals surface area (Å²) in [5.74, 6) is 0.261. The van der Waals surface area contributed by atoms with Crippen LogP contribution in [0.1, 0.15) is 36.9 Å². The number of carbonyl (C=O) groups excluding carboxylic acids is 2. The molecule has 4 rings (SSSR count). The van der Waals surface area contributed by atoms with E-state index in [0.717, 1.165) is 22.2 Å². The van der Waals surface area contributed by atoms with E-state index < -0.39 is 5.91 Å². The SMILES string of the molecule is Cc1ccc(C(=O)NNC(=O)c2sc3nc(-c4ccco4)nc(C)c3c2C)cc1. The van der Waals surface area contributed by atoms with Crippen molar-refractivity contribution in [2.75, 3.05) is 0 Å². The average molecular weight is 406 g/mol. The third kappa shape index (κ3) is 3.62. The summed E-state index contributed by atoms with van der Waals surface area (Å²) in [6.07, 6.45) is 1.56. The largest absolute Gasteiger partial charge is 0.461 e. The summed E-state index contributed by atoms with van der Waals surface area (Å²) >= 11 is 1.25. The highest BCUT2D eigenvalue weighted by Gasteiger charge is 2.20. The molecule has 0 aliphatic rings. The summed E-state index contributed by atoms with van der Waals surface area (Å²) in [6, 6.07) is 10.6. The lowest BCUT2D eigenvalue weighted by molar-refractivity contribution is 0.0848. The van der Waals surface area contributed by atoms with Crippen LogP contribution in [0.15, 0.2) is 47.1 Å². The monoisotopic (exact) mass is 406 g/mol. The Labute approximate surface area is 170 Å². The Kier molecular flexibility index (Phi) is 4.85. The lowest BCUT2D eigenvalue weighted by Gasteiger charge is -2.07. The van der Waals surface area contributed by atoms with E-state index in [2.05, 4.69) is 20.8 Å². The van der Waals surface area contributed by atoms with Crippen LogP contribution in [0.4, 0.5) is 0 Å². The standard InChI is InChI=1S/C21H18N4O3S/c1-11-6-8-14(9-7-11)19(26)24-25-20(27)17-12(2)16-13(3)22-18(23-21(16)29-17)15-5-4-10-28-15/h4-10H,1-3H3,(H,24,26)(H,25,27). The number of nitrogens with one attached hydrogen (secondary N) is 2. The molecule has 2 N–H and O–H groups in total. The number of aryl methyl sites for hydroxylation is 3. The molecular formula is C21H18N4O3S. The number of carbonyl (C=O) groups is 2. The Balaban J connectivity index is 1.57. The Morgan fingerprint density at radius 1 is 0.966 bits per heavy atom. The molecule has 0 atom stereocenters. The molecule has 0 spiro atoms. The highest BCUT2D eigenvalue weighted by Crippen LogP contribution is 2.32. The lowest BCUT2D eigenvalue weighted by Crippen LogP contribution is -2.41. The fraction of sp³-hybridized carbons (Fsp3) is 0.143. The van der Waals surface area contributed by atoms with E-state index in [-0.39, 0.29) is 5.91 Å². The van der Waals surface area contributed by atoms with Crippen LogP contribution in [0.5, 0.6) is 0 Å². The van der Waals surface area contributed by atoms with Crippen LogP contribution < -0.4 is 10.9 Å². The second-order valence-corrected chi connectivity index (χ2v) is 7.62. The van der Waals surface area contributed by atoms with Crippen molar-refractivity contribution in [1.29, 1.82) is 0 Å². The number of fused-ring (bicyclic) bond motifs is 1. The van der Waals surface area contributed by atoms with Gasteiger partial charge in [-0.05, 0) is 50.6 Å². The molecule has 2 amide bonds. The number of amides is 2. The minimum absolute atomic E-state index is 0.381. The molecule has 3 heterocycles. The number of thiophene rings is 1. The van der Waals surface area contributed by atoms with Crippen molar-refractivity contribution in [2.45, 2.75) is 20.8 Å². The predicted octanol–water partition coefficient (Wildman–Crippen LogP) is 3.95. The van der Waals surface area contributed by atoms with Gasteiger partial charge in [-0.1, -0.05) is 17.7 Å². The fourth-order valence-electron chi connectivity index (χ4n) is 3.02. The van der Waals surface area contributed by atoms with E-state index in [1.54, 1.807) is 30.5 Å². The Bertz CT molecular complexity index is 1210. The van der Waals surface area contributed by atoms with Crippen LogP contribution in [-0.4, -0.2) is 21.8 Å². The maximum absolute atomic E-state index is 12.7. The van der Waals surface area contributed by atoms with Crippen LogP contribution in [0.25, 0.3) is 21.8 Å². The van der Waals surface area contributed by atoms with E-state index in [4.69, 9.17) is 4.42 Å². The molecular weight excluding hydrogens is 388 g/mol. The fourth-order valence-corrected chi connectivity index (χ4v) is 4.15. The number of hydrogen-bond donors (Lipinski definition) is 2. The number of benzene rings is 1. The van der Waals surface area contributed by atoms with Crippen LogP contribution in [-0.2, 0) is 0 Å². The van der Waals surface area contributed by atoms with E-state index in [9.17, 15) is 9.59 Å². The minimum Gasteiger partial charge on any atom is -0.461 e. The molecule has 0 saturated carbocycles. The quantitative estimate of drug-likeness (QED) is 0.502. The van der Waals surface area contributed by atoms with Crippen molar-refractivity contribution in [3.8, 4) is 11.6 Å². The van der Waals surface area contributed by atoms with Crippen molar-refractivity contribution in [3.05, 3.63) is 69.9 Å². The van der Waals surface area contributed by atoms with Crippen LogP contribution in [0, 0.1) is 20.8 Å². The second kappa shape index (κ2) is 7.48. The molecule has 8 heteroatoms. The normalized spacial score (nSPS) is 10.9. The van der Waals surface area contributed by atoms with Crippen LogP contribution in [0.3, 0.4) is 0 Å². The van der Waals surface area contributed by atoms with Gasteiger partial charge in [0.05, 0.1) is 16.8 Å². The van der Waals surface area contributed by atoms with Gasteiger partial charge in [0.2, 0.25) is 0 Å². The number of hydrogen-bond acceptors (Lipinski definition) is 6. The zero-order valence-electron chi connectivity index (χ0n) is 16.1. The van der Waals surface area contributed by atoms with E-state index >= 15 is 0 Å². The smallest absolute Gasteiger partial charge is 0.280 e. The Morgan fingerprint density at radius 3 is 2.38 bits per heavy atom. The van der Waals surface area contributed by atoms with Crippen molar-refractivity contribution < 1.29 is 14.0 Å². The van der Waals surface area contributed by atoms with Gasteiger partial charge in [0, 0.05) is 10.9 Å². The molecule has 4 aromatic rings. The Hall–Kier alpha value is -3.52. The van der Waals surface area contributed by atoms with Gasteiger partial charge < -0.3 is 4.42 Å². The van der Waals surface area contributed by atoms with Gasteiger partial charge in [-0.2, -0.15) is 0 Å². The summed E-state index contributed by atoms with van der Waals surface area (Å²) in [5, 5.41) is 0.834. The molecule has 3 aromatic heterocycles. The molecule has 0 bridgehead atoms. The molecule has 0 unspecified atom stereocenters. The van der Waals surface area contributed by atoms with Gasteiger partial charge >= 0.3 is 0 Å². The first kappa shape index (κ1) is 18.8. The summed E-state index contributed by atoms with van der Waals surface area (Å²) < 4.78 is 5.38. The van der Waals surface area contributed by atoms with Crippen LogP contribution >= 0.6 is 11.3 Å². The van der Waals surface area contributed by atoms with Gasteiger partial charge in [-0.25, -0.2) is 9.97 Å². The number of hydrazine groups is 1. The second-order valence-electron chi connectivity index (χ2n) is 6.62. The highest BCUT2D eigenvalue weighted by molar-refractivity contribution is 7.20. The minimum atomic E-state index is -0.398. The van der Waals surface area contributed by atoms with Gasteiger partial charge in [0.15, 0.2) is 11.6 Å². The number of aromatic nitrogens is 2. The van der Waals surface area contributed by atoms with Crippen molar-refractivity contribution in [2.24, 2.45) is 0 Å². The summed E-state index contributed by atoms with van der Waals surface area (Å²) in [5.41, 5.74) is 7.99. The lowest BCUT2D eigenvalue weighted by atomic mass is 10.1. The van der Waals surface area contributed by atoms with Crippen molar-refractivity contribution >= 4 is 33.4 Å². The zero-order valence-corrected chi connectivity index (χ0v) is 16.9. The number of nitrogens with zero attached hydrogens (tertiary/aromatic N) is 2. The first-order valence-corrected chi connectivity index (χ1v) is 9.74. The molecule has 0 fully saturated rings. The molecule has 0 aliphatic carbocycles. The zero-order chi connectivity index (χ0) is 20.5. The van der Waals surface area contributed by atoms with Gasteiger partial charge in [-0.3, -0.25) is 20.4 Å². The molecule has 29 heavy (non-hydrogen) atoms. The predicted molar refractivity (Wildman–Crippen MR) is 111 cm³/mol.